The van der Waals surface area contributed by atoms with Crippen LogP contribution in [0.25, 0.3) is 0 Å². The Hall–Kier alpha value is -2.63. The average Bonchev–Trinajstić information content (AvgIpc) is 2.61. The van der Waals surface area contributed by atoms with Crippen molar-refractivity contribution in [1.29, 1.82) is 0 Å². The van der Waals surface area contributed by atoms with E-state index in [4.69, 9.17) is 5.73 Å². The monoisotopic (exact) mass is 313 g/mol. The maximum atomic E-state index is 13.0. The molecule has 2 N–H and O–H groups in total. The zero-order valence-corrected chi connectivity index (χ0v) is 12.9. The van der Waals surface area contributed by atoms with Gasteiger partial charge < -0.3 is 15.5 Å². The average molecular weight is 313 g/mol. The molecule has 0 unspecified atom stereocenters. The van der Waals surface area contributed by atoms with Crippen LogP contribution in [0.5, 0.6) is 0 Å². The molecule has 5 nitrogen and oxygen atoms in total. The van der Waals surface area contributed by atoms with Crippen LogP contribution in [-0.2, 0) is 6.54 Å². The summed E-state index contributed by atoms with van der Waals surface area (Å²) in [6.07, 6.45) is 1.75. The summed E-state index contributed by atoms with van der Waals surface area (Å²) in [6.45, 7) is 3.77. The molecule has 6 heteroatoms. The summed E-state index contributed by atoms with van der Waals surface area (Å²) in [5.41, 5.74) is 8.02. The number of aromatic nitrogens is 1. The molecular weight excluding hydrogens is 293 g/mol. The van der Waals surface area contributed by atoms with Gasteiger partial charge >= 0.3 is 0 Å². The van der Waals surface area contributed by atoms with Gasteiger partial charge in [0.05, 0.1) is 12.2 Å². The summed E-state index contributed by atoms with van der Waals surface area (Å²) in [6, 6.07) is 12.4. The molecular formula is C17H20FN5. The molecule has 1 saturated heterocycles. The van der Waals surface area contributed by atoms with Crippen molar-refractivity contribution in [3.63, 3.8) is 0 Å². The zero-order chi connectivity index (χ0) is 16.1. The van der Waals surface area contributed by atoms with Crippen molar-refractivity contribution in [3.05, 3.63) is 60.2 Å². The highest BCUT2D eigenvalue weighted by Gasteiger charge is 2.18. The Balaban J connectivity index is 1.54. The lowest BCUT2D eigenvalue weighted by Crippen LogP contribution is -2.51. The first-order chi connectivity index (χ1) is 11.2. The Kier molecular flexibility index (Phi) is 4.71. The van der Waals surface area contributed by atoms with Crippen LogP contribution in [0.3, 0.4) is 0 Å². The molecule has 0 bridgehead atoms. The van der Waals surface area contributed by atoms with Gasteiger partial charge in [-0.3, -0.25) is 4.98 Å². The van der Waals surface area contributed by atoms with Gasteiger partial charge in [-0.05, 0) is 36.4 Å². The number of halogens is 1. The van der Waals surface area contributed by atoms with Crippen LogP contribution < -0.4 is 10.6 Å². The Morgan fingerprint density at radius 3 is 2.48 bits per heavy atom. The number of hydrogen-bond donors (Lipinski definition) is 1. The van der Waals surface area contributed by atoms with Gasteiger partial charge in [0.25, 0.3) is 0 Å². The SMILES string of the molecule is NC(=NCc1ccccn1)N1CCN(c2ccc(F)cc2)CC1. The number of nitrogens with two attached hydrogens (primary N) is 1. The minimum atomic E-state index is -0.210. The maximum Gasteiger partial charge on any atom is 0.191 e. The Morgan fingerprint density at radius 2 is 1.83 bits per heavy atom. The molecule has 23 heavy (non-hydrogen) atoms. The molecule has 2 heterocycles. The standard InChI is InChI=1S/C17H20FN5/c18-14-4-6-16(7-5-14)22-9-11-23(12-10-22)17(19)21-13-15-3-1-2-8-20-15/h1-8H,9-13H2,(H2,19,21). The molecule has 1 aliphatic heterocycles. The molecule has 1 aromatic carbocycles. The normalized spacial score (nSPS) is 15.8. The van der Waals surface area contributed by atoms with Gasteiger partial charge in [-0.15, -0.1) is 0 Å². The van der Waals surface area contributed by atoms with E-state index in [1.54, 1.807) is 6.20 Å². The third-order valence-electron chi connectivity index (χ3n) is 3.92. The van der Waals surface area contributed by atoms with Crippen LogP contribution >= 0.6 is 0 Å². The van der Waals surface area contributed by atoms with Gasteiger partial charge in [0, 0.05) is 38.1 Å². The molecule has 2 aromatic rings. The quantitative estimate of drug-likeness (QED) is 0.694. The molecule has 1 aromatic heterocycles. The summed E-state index contributed by atoms with van der Waals surface area (Å²) < 4.78 is 13.0. The van der Waals surface area contributed by atoms with Gasteiger partial charge in [-0.2, -0.15) is 0 Å². The van der Waals surface area contributed by atoms with Crippen molar-refractivity contribution >= 4 is 11.6 Å². The van der Waals surface area contributed by atoms with Crippen molar-refractivity contribution in [2.24, 2.45) is 10.7 Å². The number of hydrogen-bond acceptors (Lipinski definition) is 3. The summed E-state index contributed by atoms with van der Waals surface area (Å²) >= 11 is 0. The van der Waals surface area contributed by atoms with Crippen molar-refractivity contribution in [1.82, 2.24) is 9.88 Å². The minimum Gasteiger partial charge on any atom is -0.370 e. The molecule has 0 radical (unpaired) electrons. The van der Waals surface area contributed by atoms with Gasteiger partial charge in [0.1, 0.15) is 5.82 Å². The number of nitrogens with zero attached hydrogens (tertiary/aromatic N) is 4. The number of pyridine rings is 1. The molecule has 1 aliphatic rings. The van der Waals surface area contributed by atoms with E-state index in [-0.39, 0.29) is 5.82 Å². The molecule has 3 rings (SSSR count). The van der Waals surface area contributed by atoms with Crippen molar-refractivity contribution in [3.8, 4) is 0 Å². The number of aliphatic imine (C=N–C) groups is 1. The van der Waals surface area contributed by atoms with Gasteiger partial charge in [-0.25, -0.2) is 9.38 Å². The van der Waals surface area contributed by atoms with Crippen molar-refractivity contribution in [2.75, 3.05) is 31.1 Å². The van der Waals surface area contributed by atoms with Gasteiger partial charge in [0.2, 0.25) is 0 Å². The van der Waals surface area contributed by atoms with Crippen LogP contribution in [0, 0.1) is 5.82 Å². The van der Waals surface area contributed by atoms with Crippen LogP contribution in [-0.4, -0.2) is 42.0 Å². The number of piperazine rings is 1. The number of benzene rings is 1. The van der Waals surface area contributed by atoms with E-state index >= 15 is 0 Å². The highest BCUT2D eigenvalue weighted by atomic mass is 19.1. The first-order valence-electron chi connectivity index (χ1n) is 7.68. The molecule has 120 valence electrons. The first-order valence-corrected chi connectivity index (χ1v) is 7.68. The largest absolute Gasteiger partial charge is 0.370 e. The summed E-state index contributed by atoms with van der Waals surface area (Å²) in [4.78, 5) is 12.9. The number of guanidine groups is 1. The molecule has 0 spiro atoms. The van der Waals surface area contributed by atoms with E-state index < -0.39 is 0 Å². The van der Waals surface area contributed by atoms with E-state index in [0.717, 1.165) is 37.6 Å². The smallest absolute Gasteiger partial charge is 0.191 e. The second-order valence-corrected chi connectivity index (χ2v) is 5.45. The molecule has 0 aliphatic carbocycles. The number of anilines is 1. The highest BCUT2D eigenvalue weighted by molar-refractivity contribution is 5.78. The van der Waals surface area contributed by atoms with Crippen molar-refractivity contribution in [2.45, 2.75) is 6.54 Å². The Morgan fingerprint density at radius 1 is 1.09 bits per heavy atom. The molecule has 0 amide bonds. The lowest BCUT2D eigenvalue weighted by molar-refractivity contribution is 0.380. The maximum absolute atomic E-state index is 13.0. The third-order valence-corrected chi connectivity index (χ3v) is 3.92. The van der Waals surface area contributed by atoms with Crippen molar-refractivity contribution < 1.29 is 4.39 Å². The van der Waals surface area contributed by atoms with E-state index in [2.05, 4.69) is 19.8 Å². The number of rotatable bonds is 3. The molecule has 0 atom stereocenters. The van der Waals surface area contributed by atoms with E-state index in [9.17, 15) is 4.39 Å². The van der Waals surface area contributed by atoms with E-state index in [0.29, 0.717) is 12.5 Å². The van der Waals surface area contributed by atoms with Crippen LogP contribution in [0.4, 0.5) is 10.1 Å². The molecule has 0 saturated carbocycles. The zero-order valence-electron chi connectivity index (χ0n) is 12.9. The predicted molar refractivity (Wildman–Crippen MR) is 89.7 cm³/mol. The topological polar surface area (TPSA) is 57.8 Å². The summed E-state index contributed by atoms with van der Waals surface area (Å²) in [5, 5.41) is 0. The fourth-order valence-corrected chi connectivity index (χ4v) is 2.60. The summed E-state index contributed by atoms with van der Waals surface area (Å²) in [5.74, 6) is 0.340. The fraction of sp³-hybridized carbons (Fsp3) is 0.294. The third kappa shape index (κ3) is 3.97. The van der Waals surface area contributed by atoms with Crippen LogP contribution in [0.15, 0.2) is 53.7 Å². The van der Waals surface area contributed by atoms with Gasteiger partial charge in [-0.1, -0.05) is 6.07 Å². The lowest BCUT2D eigenvalue weighted by atomic mass is 10.2. The Bertz CT molecular complexity index is 648. The lowest BCUT2D eigenvalue weighted by Gasteiger charge is -2.36. The Labute approximate surface area is 135 Å². The van der Waals surface area contributed by atoms with Crippen LogP contribution in [0.2, 0.25) is 0 Å². The predicted octanol–water partition coefficient (Wildman–Crippen LogP) is 1.86. The summed E-state index contributed by atoms with van der Waals surface area (Å²) in [7, 11) is 0. The van der Waals surface area contributed by atoms with Gasteiger partial charge in [0.15, 0.2) is 5.96 Å². The fourth-order valence-electron chi connectivity index (χ4n) is 2.60. The van der Waals surface area contributed by atoms with E-state index in [1.165, 1.54) is 12.1 Å². The highest BCUT2D eigenvalue weighted by Crippen LogP contribution is 2.16. The second kappa shape index (κ2) is 7.09. The van der Waals surface area contributed by atoms with Crippen LogP contribution in [0.1, 0.15) is 5.69 Å². The first kappa shape index (κ1) is 15.3. The second-order valence-electron chi connectivity index (χ2n) is 5.45. The minimum absolute atomic E-state index is 0.210. The van der Waals surface area contributed by atoms with E-state index in [1.807, 2.05) is 30.3 Å². The molecule has 1 fully saturated rings.